The fourth-order valence-electron chi connectivity index (χ4n) is 6.31. The van der Waals surface area contributed by atoms with Crippen LogP contribution in [0.1, 0.15) is 49.3 Å². The SMILES string of the molecule is COC(=O)C(CO)[C@@]1(C)CC(c2cccc(Cl)c2)C(c2ccc(Cl)cc2)N([C@H](COc2ccccc2)C2CC2)C1=O. The van der Waals surface area contributed by atoms with Crippen LogP contribution in [0.3, 0.4) is 0 Å². The van der Waals surface area contributed by atoms with Gasteiger partial charge in [-0.15, -0.1) is 0 Å². The van der Waals surface area contributed by atoms with Crippen molar-refractivity contribution in [3.05, 3.63) is 100 Å². The Labute approximate surface area is 251 Å². The van der Waals surface area contributed by atoms with Crippen LogP contribution < -0.4 is 4.74 Å². The molecule has 1 N–H and O–H groups in total. The summed E-state index contributed by atoms with van der Waals surface area (Å²) in [5.74, 6) is -1.12. The number of rotatable bonds is 10. The smallest absolute Gasteiger partial charge is 0.312 e. The summed E-state index contributed by atoms with van der Waals surface area (Å²) in [5.41, 5.74) is 0.637. The Hall–Kier alpha value is -3.06. The lowest BCUT2D eigenvalue weighted by Gasteiger charge is -2.53. The molecule has 0 bridgehead atoms. The molecule has 3 unspecified atom stereocenters. The number of likely N-dealkylation sites (tertiary alicyclic amines) is 1. The summed E-state index contributed by atoms with van der Waals surface area (Å²) in [6, 6.07) is 24.1. The van der Waals surface area contributed by atoms with E-state index in [1.165, 1.54) is 7.11 Å². The van der Waals surface area contributed by atoms with Gasteiger partial charge in [0.15, 0.2) is 0 Å². The number of hydrogen-bond donors (Lipinski definition) is 1. The summed E-state index contributed by atoms with van der Waals surface area (Å²) in [5, 5.41) is 11.6. The number of para-hydroxylation sites is 1. The lowest BCUT2D eigenvalue weighted by Crippen LogP contribution is -2.60. The maximum Gasteiger partial charge on any atom is 0.312 e. The molecule has 0 spiro atoms. The van der Waals surface area contributed by atoms with Crippen LogP contribution in [-0.4, -0.2) is 48.2 Å². The molecule has 1 heterocycles. The minimum Gasteiger partial charge on any atom is -0.491 e. The van der Waals surface area contributed by atoms with Crippen molar-refractivity contribution in [3.8, 4) is 5.75 Å². The van der Waals surface area contributed by atoms with Gasteiger partial charge >= 0.3 is 5.97 Å². The van der Waals surface area contributed by atoms with E-state index in [4.69, 9.17) is 32.7 Å². The number of aliphatic hydroxyl groups excluding tert-OH is 1. The van der Waals surface area contributed by atoms with Gasteiger partial charge in [-0.2, -0.15) is 0 Å². The zero-order valence-electron chi connectivity index (χ0n) is 23.2. The molecule has 1 aliphatic carbocycles. The normalized spacial score (nSPS) is 24.0. The van der Waals surface area contributed by atoms with E-state index in [0.29, 0.717) is 23.1 Å². The van der Waals surface area contributed by atoms with Gasteiger partial charge in [0.1, 0.15) is 12.4 Å². The number of halogens is 2. The van der Waals surface area contributed by atoms with E-state index in [1.54, 1.807) is 6.92 Å². The minimum absolute atomic E-state index is 0.200. The standard InChI is InChI=1S/C33H35Cl2NO5/c1-33(28(19-37)31(38)40-2)18-27(23-7-6-8-25(35)17-23)30(22-13-15-24(34)16-14-22)36(32(33)39)29(21-11-12-21)20-41-26-9-4-3-5-10-26/h3-10,13-17,21,27-30,37H,11-12,18-20H2,1-2H3/t27?,28?,29-,30?,33-/m1/s1. The second-order valence-corrected chi connectivity index (χ2v) is 12.2. The van der Waals surface area contributed by atoms with Crippen molar-refractivity contribution < 1.29 is 24.2 Å². The molecule has 8 heteroatoms. The van der Waals surface area contributed by atoms with Gasteiger partial charge in [-0.05, 0) is 79.6 Å². The van der Waals surface area contributed by atoms with Crippen LogP contribution in [0.5, 0.6) is 5.75 Å². The highest BCUT2D eigenvalue weighted by atomic mass is 35.5. The second kappa shape index (κ2) is 12.4. The van der Waals surface area contributed by atoms with Crippen LogP contribution >= 0.6 is 23.2 Å². The third kappa shape index (κ3) is 6.11. The van der Waals surface area contributed by atoms with Gasteiger partial charge in [-0.25, -0.2) is 0 Å². The first-order valence-corrected chi connectivity index (χ1v) is 14.7. The fourth-order valence-corrected chi connectivity index (χ4v) is 6.64. The van der Waals surface area contributed by atoms with E-state index in [0.717, 1.165) is 29.7 Å². The van der Waals surface area contributed by atoms with Gasteiger partial charge in [0, 0.05) is 16.0 Å². The molecule has 6 nitrogen and oxygen atoms in total. The van der Waals surface area contributed by atoms with Crippen molar-refractivity contribution in [1.82, 2.24) is 4.90 Å². The summed E-state index contributed by atoms with van der Waals surface area (Å²) < 4.78 is 11.4. The quantitative estimate of drug-likeness (QED) is 0.264. The van der Waals surface area contributed by atoms with E-state index in [2.05, 4.69) is 0 Å². The van der Waals surface area contributed by atoms with Crippen molar-refractivity contribution >= 4 is 35.1 Å². The van der Waals surface area contributed by atoms with Crippen LogP contribution in [0.2, 0.25) is 10.0 Å². The molecular weight excluding hydrogens is 561 g/mol. The highest BCUT2D eigenvalue weighted by molar-refractivity contribution is 6.30. The molecule has 3 aromatic carbocycles. The highest BCUT2D eigenvalue weighted by Gasteiger charge is 2.58. The zero-order valence-corrected chi connectivity index (χ0v) is 24.7. The number of ether oxygens (including phenoxy) is 2. The maximum atomic E-state index is 14.8. The maximum absolute atomic E-state index is 14.8. The number of benzene rings is 3. The molecule has 2 aliphatic rings. The van der Waals surface area contributed by atoms with E-state index in [-0.39, 0.29) is 29.8 Å². The predicted molar refractivity (Wildman–Crippen MR) is 159 cm³/mol. The molecule has 5 rings (SSSR count). The number of piperidine rings is 1. The summed E-state index contributed by atoms with van der Waals surface area (Å²) in [6.07, 6.45) is 2.26. The molecule has 0 aromatic heterocycles. The Kier molecular flexibility index (Phi) is 8.93. The van der Waals surface area contributed by atoms with Crippen molar-refractivity contribution in [3.63, 3.8) is 0 Å². The fraction of sp³-hybridized carbons (Fsp3) is 0.394. The van der Waals surface area contributed by atoms with Crippen LogP contribution in [-0.2, 0) is 14.3 Å². The average Bonchev–Trinajstić information content (AvgIpc) is 3.82. The second-order valence-electron chi connectivity index (χ2n) is 11.3. The van der Waals surface area contributed by atoms with Gasteiger partial charge in [0.25, 0.3) is 0 Å². The average molecular weight is 597 g/mol. The largest absolute Gasteiger partial charge is 0.491 e. The first kappa shape index (κ1) is 29.4. The first-order valence-electron chi connectivity index (χ1n) is 14.0. The summed E-state index contributed by atoms with van der Waals surface area (Å²) >= 11 is 12.8. The van der Waals surface area contributed by atoms with E-state index >= 15 is 0 Å². The lowest BCUT2D eigenvalue weighted by molar-refractivity contribution is -0.172. The van der Waals surface area contributed by atoms with Crippen LogP contribution in [0, 0.1) is 17.3 Å². The molecular formula is C33H35Cl2NO5. The van der Waals surface area contributed by atoms with Crippen LogP contribution in [0.25, 0.3) is 0 Å². The van der Waals surface area contributed by atoms with E-state index in [9.17, 15) is 14.7 Å². The minimum atomic E-state index is -1.24. The Morgan fingerprint density at radius 3 is 2.32 bits per heavy atom. The number of aliphatic hydroxyl groups is 1. The molecule has 3 aromatic rings. The monoisotopic (exact) mass is 595 g/mol. The summed E-state index contributed by atoms with van der Waals surface area (Å²) in [6.45, 7) is 1.56. The van der Waals surface area contributed by atoms with E-state index in [1.807, 2.05) is 83.8 Å². The number of esters is 1. The number of nitrogens with zero attached hydrogens (tertiary/aromatic N) is 1. The molecule has 2 fully saturated rings. The van der Waals surface area contributed by atoms with Crippen molar-refractivity contribution in [2.24, 2.45) is 17.3 Å². The number of carbonyl (C=O) groups excluding carboxylic acids is 2. The molecule has 1 amide bonds. The zero-order chi connectivity index (χ0) is 29.1. The Morgan fingerprint density at radius 1 is 1.00 bits per heavy atom. The Morgan fingerprint density at radius 2 is 1.71 bits per heavy atom. The predicted octanol–water partition coefficient (Wildman–Crippen LogP) is 6.70. The Balaban J connectivity index is 1.67. The van der Waals surface area contributed by atoms with Gasteiger partial charge in [-0.1, -0.05) is 65.7 Å². The number of methoxy groups -OCH3 is 1. The summed E-state index contributed by atoms with van der Waals surface area (Å²) in [4.78, 5) is 29.8. The van der Waals surface area contributed by atoms with Gasteiger partial charge < -0.3 is 19.5 Å². The molecule has 1 saturated carbocycles. The molecule has 1 aliphatic heterocycles. The van der Waals surface area contributed by atoms with Gasteiger partial charge in [-0.3, -0.25) is 9.59 Å². The first-order chi connectivity index (χ1) is 19.8. The third-order valence-corrected chi connectivity index (χ3v) is 9.15. The Bertz CT molecular complexity index is 1360. The van der Waals surface area contributed by atoms with Gasteiger partial charge in [0.05, 0.1) is 37.1 Å². The number of amides is 1. The molecule has 5 atom stereocenters. The highest BCUT2D eigenvalue weighted by Crippen LogP contribution is 2.55. The van der Waals surface area contributed by atoms with Crippen LogP contribution in [0.4, 0.5) is 0 Å². The third-order valence-electron chi connectivity index (χ3n) is 8.66. The molecule has 0 radical (unpaired) electrons. The van der Waals surface area contributed by atoms with Crippen molar-refractivity contribution in [2.75, 3.05) is 20.3 Å². The van der Waals surface area contributed by atoms with Crippen molar-refractivity contribution in [1.29, 1.82) is 0 Å². The van der Waals surface area contributed by atoms with E-state index < -0.39 is 23.9 Å². The lowest BCUT2D eigenvalue weighted by atomic mass is 9.63. The molecule has 1 saturated heterocycles. The summed E-state index contributed by atoms with van der Waals surface area (Å²) in [7, 11) is 1.28. The molecule has 216 valence electrons. The number of hydrogen-bond acceptors (Lipinski definition) is 5. The topological polar surface area (TPSA) is 76.1 Å². The molecule has 41 heavy (non-hydrogen) atoms. The van der Waals surface area contributed by atoms with Gasteiger partial charge in [0.2, 0.25) is 5.91 Å². The number of carbonyl (C=O) groups is 2. The van der Waals surface area contributed by atoms with Crippen LogP contribution in [0.15, 0.2) is 78.9 Å². The van der Waals surface area contributed by atoms with Crippen molar-refractivity contribution in [2.45, 2.75) is 44.2 Å².